The van der Waals surface area contributed by atoms with E-state index in [0.717, 1.165) is 25.7 Å². The van der Waals surface area contributed by atoms with Gasteiger partial charge in [-0.3, -0.25) is 9.59 Å². The number of amides is 2. The lowest BCUT2D eigenvalue weighted by atomic mass is 10.0. The van der Waals surface area contributed by atoms with E-state index in [2.05, 4.69) is 22.8 Å². The van der Waals surface area contributed by atoms with E-state index >= 15 is 0 Å². The molecule has 2 aliphatic carbocycles. The van der Waals surface area contributed by atoms with Crippen LogP contribution in [0.1, 0.15) is 42.5 Å². The van der Waals surface area contributed by atoms with Gasteiger partial charge in [0, 0.05) is 23.7 Å². The summed E-state index contributed by atoms with van der Waals surface area (Å²) in [6.07, 6.45) is 9.00. The molecular weight excluding hydrogens is 264 g/mol. The predicted molar refractivity (Wildman–Crippen MR) is 82.0 cm³/mol. The van der Waals surface area contributed by atoms with Crippen molar-refractivity contribution in [2.45, 2.75) is 38.1 Å². The zero-order valence-electron chi connectivity index (χ0n) is 12.0. The molecule has 0 aromatic heterocycles. The standard InChI is InChI=1S/C17H20N2O2/c20-16(10-12-4-1-2-5-12)18-15-7-3-6-13(11-15)17(21)19-14-8-9-14/h1,3-4,6-7,11-12,14H,2,5,8-10H2,(H,18,20)(H,19,21)/t12-/m0/s1. The number of anilines is 1. The summed E-state index contributed by atoms with van der Waals surface area (Å²) < 4.78 is 0. The smallest absolute Gasteiger partial charge is 0.251 e. The molecule has 0 saturated heterocycles. The van der Waals surface area contributed by atoms with Crippen molar-refractivity contribution in [3.05, 3.63) is 42.0 Å². The minimum absolute atomic E-state index is 0.00583. The number of carbonyl (C=O) groups excluding carboxylic acids is 2. The Kier molecular flexibility index (Phi) is 4.04. The van der Waals surface area contributed by atoms with Crippen molar-refractivity contribution < 1.29 is 9.59 Å². The van der Waals surface area contributed by atoms with E-state index in [1.807, 2.05) is 6.07 Å². The third-order valence-electron chi connectivity index (χ3n) is 3.88. The molecule has 3 rings (SSSR count). The first-order valence-corrected chi connectivity index (χ1v) is 7.58. The van der Waals surface area contributed by atoms with Crippen molar-refractivity contribution in [2.24, 2.45) is 5.92 Å². The lowest BCUT2D eigenvalue weighted by Gasteiger charge is -2.10. The second-order valence-corrected chi connectivity index (χ2v) is 5.85. The van der Waals surface area contributed by atoms with Crippen molar-refractivity contribution in [3.8, 4) is 0 Å². The van der Waals surface area contributed by atoms with E-state index in [1.165, 1.54) is 0 Å². The average Bonchev–Trinajstić information content (AvgIpc) is 3.13. The van der Waals surface area contributed by atoms with Crippen LogP contribution in [0.15, 0.2) is 36.4 Å². The number of rotatable bonds is 5. The lowest BCUT2D eigenvalue weighted by Crippen LogP contribution is -2.25. The normalized spacial score (nSPS) is 20.3. The molecular formula is C17H20N2O2. The third-order valence-corrected chi connectivity index (χ3v) is 3.88. The van der Waals surface area contributed by atoms with E-state index in [-0.39, 0.29) is 11.8 Å². The van der Waals surface area contributed by atoms with Gasteiger partial charge in [-0.25, -0.2) is 0 Å². The quantitative estimate of drug-likeness (QED) is 0.817. The minimum Gasteiger partial charge on any atom is -0.349 e. The van der Waals surface area contributed by atoms with Crippen molar-refractivity contribution in [3.63, 3.8) is 0 Å². The van der Waals surface area contributed by atoms with Crippen LogP contribution in [-0.2, 0) is 4.79 Å². The number of allylic oxidation sites excluding steroid dienone is 2. The Bertz CT molecular complexity index is 576. The van der Waals surface area contributed by atoms with Gasteiger partial charge in [0.2, 0.25) is 5.91 Å². The van der Waals surface area contributed by atoms with Crippen molar-refractivity contribution >= 4 is 17.5 Å². The van der Waals surface area contributed by atoms with E-state index in [0.29, 0.717) is 29.6 Å². The van der Waals surface area contributed by atoms with Gasteiger partial charge < -0.3 is 10.6 Å². The van der Waals surface area contributed by atoms with Gasteiger partial charge in [0.05, 0.1) is 0 Å². The molecule has 1 atom stereocenters. The molecule has 1 aromatic carbocycles. The fraction of sp³-hybridized carbons (Fsp3) is 0.412. The molecule has 4 heteroatoms. The molecule has 2 aliphatic rings. The summed E-state index contributed by atoms with van der Waals surface area (Å²) in [5, 5.41) is 5.83. The second-order valence-electron chi connectivity index (χ2n) is 5.85. The fourth-order valence-corrected chi connectivity index (χ4v) is 2.55. The molecule has 1 fully saturated rings. The van der Waals surface area contributed by atoms with Gasteiger partial charge >= 0.3 is 0 Å². The molecule has 0 spiro atoms. The summed E-state index contributed by atoms with van der Waals surface area (Å²) in [5.41, 5.74) is 1.28. The van der Waals surface area contributed by atoms with Crippen LogP contribution in [-0.4, -0.2) is 17.9 Å². The maximum absolute atomic E-state index is 12.0. The van der Waals surface area contributed by atoms with Gasteiger partial charge in [-0.2, -0.15) is 0 Å². The van der Waals surface area contributed by atoms with Crippen LogP contribution in [0.4, 0.5) is 5.69 Å². The molecule has 0 aliphatic heterocycles. The first kappa shape index (κ1) is 13.9. The summed E-state index contributed by atoms with van der Waals surface area (Å²) in [4.78, 5) is 24.0. The van der Waals surface area contributed by atoms with Crippen LogP contribution < -0.4 is 10.6 Å². The number of benzene rings is 1. The highest BCUT2D eigenvalue weighted by Gasteiger charge is 2.23. The largest absolute Gasteiger partial charge is 0.349 e. The molecule has 4 nitrogen and oxygen atoms in total. The predicted octanol–water partition coefficient (Wildman–Crippen LogP) is 2.87. The Morgan fingerprint density at radius 3 is 2.76 bits per heavy atom. The number of nitrogens with one attached hydrogen (secondary N) is 2. The Morgan fingerprint density at radius 2 is 2.05 bits per heavy atom. The molecule has 21 heavy (non-hydrogen) atoms. The van der Waals surface area contributed by atoms with Gasteiger partial charge in [0.25, 0.3) is 5.91 Å². The fourth-order valence-electron chi connectivity index (χ4n) is 2.55. The zero-order valence-corrected chi connectivity index (χ0v) is 12.0. The Labute approximate surface area is 124 Å². The summed E-state index contributed by atoms with van der Waals surface area (Å²) in [6.45, 7) is 0. The van der Waals surface area contributed by atoms with Gasteiger partial charge in [-0.15, -0.1) is 0 Å². The monoisotopic (exact) mass is 284 g/mol. The number of hydrogen-bond donors (Lipinski definition) is 2. The highest BCUT2D eigenvalue weighted by Crippen LogP contribution is 2.22. The van der Waals surface area contributed by atoms with Crippen LogP contribution in [0.3, 0.4) is 0 Å². The van der Waals surface area contributed by atoms with Gasteiger partial charge in [0.1, 0.15) is 0 Å². The highest BCUT2D eigenvalue weighted by molar-refractivity contribution is 5.97. The SMILES string of the molecule is O=C(C[C@H]1C=CCC1)Nc1cccc(C(=O)NC2CC2)c1. The summed E-state index contributed by atoms with van der Waals surface area (Å²) in [5.74, 6) is 0.296. The summed E-state index contributed by atoms with van der Waals surface area (Å²) >= 11 is 0. The van der Waals surface area contributed by atoms with E-state index in [1.54, 1.807) is 18.2 Å². The summed E-state index contributed by atoms with van der Waals surface area (Å²) in [6, 6.07) is 7.46. The molecule has 0 heterocycles. The summed E-state index contributed by atoms with van der Waals surface area (Å²) in [7, 11) is 0. The van der Waals surface area contributed by atoms with E-state index in [9.17, 15) is 9.59 Å². The Morgan fingerprint density at radius 1 is 1.19 bits per heavy atom. The van der Waals surface area contributed by atoms with Gasteiger partial charge in [-0.1, -0.05) is 18.2 Å². The van der Waals surface area contributed by atoms with Gasteiger partial charge in [0.15, 0.2) is 0 Å². The first-order valence-electron chi connectivity index (χ1n) is 7.58. The molecule has 2 amide bonds. The topological polar surface area (TPSA) is 58.2 Å². The zero-order chi connectivity index (χ0) is 14.7. The van der Waals surface area contributed by atoms with Crippen LogP contribution in [0, 0.1) is 5.92 Å². The maximum atomic E-state index is 12.0. The van der Waals surface area contributed by atoms with Crippen molar-refractivity contribution in [1.29, 1.82) is 0 Å². The van der Waals surface area contributed by atoms with Crippen LogP contribution >= 0.6 is 0 Å². The highest BCUT2D eigenvalue weighted by atomic mass is 16.2. The van der Waals surface area contributed by atoms with Crippen LogP contribution in [0.5, 0.6) is 0 Å². The van der Waals surface area contributed by atoms with E-state index < -0.39 is 0 Å². The lowest BCUT2D eigenvalue weighted by molar-refractivity contribution is -0.116. The third kappa shape index (κ3) is 3.94. The molecule has 1 saturated carbocycles. The van der Waals surface area contributed by atoms with Crippen LogP contribution in [0.25, 0.3) is 0 Å². The maximum Gasteiger partial charge on any atom is 0.251 e. The molecule has 1 aromatic rings. The second kappa shape index (κ2) is 6.12. The first-order chi connectivity index (χ1) is 10.2. The van der Waals surface area contributed by atoms with Crippen LogP contribution in [0.2, 0.25) is 0 Å². The number of carbonyl (C=O) groups is 2. The number of hydrogen-bond acceptors (Lipinski definition) is 2. The van der Waals surface area contributed by atoms with E-state index in [4.69, 9.17) is 0 Å². The average molecular weight is 284 g/mol. The van der Waals surface area contributed by atoms with Crippen molar-refractivity contribution in [2.75, 3.05) is 5.32 Å². The van der Waals surface area contributed by atoms with Gasteiger partial charge in [-0.05, 0) is 49.8 Å². The Hall–Kier alpha value is -2.10. The Balaban J connectivity index is 1.58. The molecule has 0 unspecified atom stereocenters. The van der Waals surface area contributed by atoms with Crippen molar-refractivity contribution in [1.82, 2.24) is 5.32 Å². The minimum atomic E-state index is -0.0627. The molecule has 0 bridgehead atoms. The molecule has 2 N–H and O–H groups in total. The molecule has 0 radical (unpaired) electrons. The molecule has 110 valence electrons.